The summed E-state index contributed by atoms with van der Waals surface area (Å²) in [4.78, 5) is 34.4. The van der Waals surface area contributed by atoms with Crippen molar-refractivity contribution in [2.75, 3.05) is 5.32 Å². The molecule has 0 aliphatic heterocycles. The van der Waals surface area contributed by atoms with E-state index in [0.29, 0.717) is 23.3 Å². The Morgan fingerprint density at radius 1 is 1.50 bits per heavy atom. The van der Waals surface area contributed by atoms with Crippen LogP contribution in [0.1, 0.15) is 38.9 Å². The molecule has 1 unspecified atom stereocenters. The zero-order valence-corrected chi connectivity index (χ0v) is 11.9. The fourth-order valence-corrected chi connectivity index (χ4v) is 3.81. The number of thiophene rings is 1. The highest BCUT2D eigenvalue weighted by atomic mass is 79.9. The van der Waals surface area contributed by atoms with Gasteiger partial charge in [0.25, 0.3) is 0 Å². The molecule has 0 fully saturated rings. The molecule has 18 heavy (non-hydrogen) atoms. The first-order valence-electron chi connectivity index (χ1n) is 5.26. The van der Waals surface area contributed by atoms with Crippen LogP contribution in [0.2, 0.25) is 0 Å². The van der Waals surface area contributed by atoms with E-state index in [2.05, 4.69) is 21.2 Å². The van der Waals surface area contributed by atoms with Crippen molar-refractivity contribution in [3.8, 4) is 0 Å². The number of fused-ring (bicyclic) bond motifs is 1. The van der Waals surface area contributed by atoms with E-state index >= 15 is 0 Å². The molecule has 2 rings (SSSR count). The summed E-state index contributed by atoms with van der Waals surface area (Å²) in [6.45, 7) is 1.31. The Balaban J connectivity index is 2.56. The third-order valence-electron chi connectivity index (χ3n) is 2.67. The third kappa shape index (κ3) is 2.20. The lowest BCUT2D eigenvalue weighted by atomic mass is 9.94. The first-order valence-corrected chi connectivity index (χ1v) is 7.00. The Kier molecular flexibility index (Phi) is 3.54. The van der Waals surface area contributed by atoms with Gasteiger partial charge in [-0.1, -0.05) is 15.9 Å². The molecular weight excluding hydrogens is 322 g/mol. The van der Waals surface area contributed by atoms with Gasteiger partial charge in [-0.3, -0.25) is 9.59 Å². The van der Waals surface area contributed by atoms with Crippen molar-refractivity contribution in [2.24, 2.45) is 0 Å². The Hall–Kier alpha value is -1.21. The van der Waals surface area contributed by atoms with Crippen LogP contribution in [0, 0.1) is 0 Å². The Morgan fingerprint density at radius 3 is 2.72 bits per heavy atom. The minimum absolute atomic E-state index is 0.0537. The van der Waals surface area contributed by atoms with E-state index < -0.39 is 5.97 Å². The molecule has 1 heterocycles. The molecule has 0 bridgehead atoms. The van der Waals surface area contributed by atoms with Crippen LogP contribution in [0.25, 0.3) is 0 Å². The number of Topliss-reactive ketones (excluding diaryl/α,β-unsaturated/α-hetero) is 1. The molecule has 0 radical (unpaired) electrons. The number of carbonyl (C=O) groups excluding carboxylic acids is 2. The van der Waals surface area contributed by atoms with E-state index in [4.69, 9.17) is 0 Å². The number of halogens is 1. The lowest BCUT2D eigenvalue weighted by Crippen LogP contribution is -2.21. The number of amides is 1. The van der Waals surface area contributed by atoms with Crippen LogP contribution in [0.4, 0.5) is 5.00 Å². The SMILES string of the molecule is CC(=O)Nc1sc2c(c1C(=O)O)CCC(Br)C2=O. The molecule has 96 valence electrons. The normalized spacial score (nSPS) is 18.3. The Bertz CT molecular complexity index is 551. The van der Waals surface area contributed by atoms with E-state index in [9.17, 15) is 19.5 Å². The first-order chi connectivity index (χ1) is 8.41. The lowest BCUT2D eigenvalue weighted by Gasteiger charge is -2.15. The van der Waals surface area contributed by atoms with Crippen molar-refractivity contribution < 1.29 is 19.5 Å². The van der Waals surface area contributed by atoms with Gasteiger partial charge in [0.05, 0.1) is 15.3 Å². The van der Waals surface area contributed by atoms with Gasteiger partial charge in [0.15, 0.2) is 5.78 Å². The highest BCUT2D eigenvalue weighted by molar-refractivity contribution is 9.10. The topological polar surface area (TPSA) is 83.5 Å². The van der Waals surface area contributed by atoms with Gasteiger partial charge in [-0.15, -0.1) is 11.3 Å². The average molecular weight is 332 g/mol. The second kappa shape index (κ2) is 4.81. The van der Waals surface area contributed by atoms with E-state index in [1.165, 1.54) is 6.92 Å². The number of rotatable bonds is 2. The van der Waals surface area contributed by atoms with E-state index in [1.807, 2.05) is 0 Å². The van der Waals surface area contributed by atoms with Gasteiger partial charge in [0.1, 0.15) is 5.00 Å². The van der Waals surface area contributed by atoms with Crippen LogP contribution in [-0.4, -0.2) is 27.6 Å². The van der Waals surface area contributed by atoms with Crippen molar-refractivity contribution in [2.45, 2.75) is 24.6 Å². The molecular formula is C11H10BrNO4S. The van der Waals surface area contributed by atoms with Gasteiger partial charge in [0.2, 0.25) is 5.91 Å². The van der Waals surface area contributed by atoms with Gasteiger partial charge in [-0.05, 0) is 18.4 Å². The maximum Gasteiger partial charge on any atom is 0.339 e. The summed E-state index contributed by atoms with van der Waals surface area (Å²) in [6.07, 6.45) is 1.09. The predicted molar refractivity (Wildman–Crippen MR) is 70.9 cm³/mol. The second-order valence-corrected chi connectivity index (χ2v) is 6.10. The number of anilines is 1. The molecule has 1 aromatic heterocycles. The fourth-order valence-electron chi connectivity index (χ4n) is 1.92. The highest BCUT2D eigenvalue weighted by Crippen LogP contribution is 2.39. The number of ketones is 1. The maximum absolute atomic E-state index is 11.9. The first kappa shape index (κ1) is 13.2. The number of carboxylic acid groups (broad SMARTS) is 1. The molecule has 1 atom stereocenters. The summed E-state index contributed by atoms with van der Waals surface area (Å²) in [5, 5.41) is 11.9. The summed E-state index contributed by atoms with van der Waals surface area (Å²) in [6, 6.07) is 0. The zero-order chi connectivity index (χ0) is 13.4. The van der Waals surface area contributed by atoms with E-state index in [-0.39, 0.29) is 27.1 Å². The lowest BCUT2D eigenvalue weighted by molar-refractivity contribution is -0.114. The zero-order valence-electron chi connectivity index (χ0n) is 9.45. The molecule has 1 aliphatic carbocycles. The van der Waals surface area contributed by atoms with Crippen LogP contribution in [0.3, 0.4) is 0 Å². The molecule has 1 aliphatic rings. The van der Waals surface area contributed by atoms with Gasteiger partial charge < -0.3 is 10.4 Å². The molecule has 1 amide bonds. The van der Waals surface area contributed by atoms with Gasteiger partial charge >= 0.3 is 5.97 Å². The number of aromatic carboxylic acids is 1. The molecule has 0 aromatic carbocycles. The van der Waals surface area contributed by atoms with Gasteiger partial charge in [0, 0.05) is 6.92 Å². The minimum Gasteiger partial charge on any atom is -0.478 e. The summed E-state index contributed by atoms with van der Waals surface area (Å²) in [7, 11) is 0. The number of hydrogen-bond acceptors (Lipinski definition) is 4. The maximum atomic E-state index is 11.9. The number of carbonyl (C=O) groups is 3. The predicted octanol–water partition coefficient (Wildman–Crippen LogP) is 2.30. The number of carboxylic acids is 1. The van der Waals surface area contributed by atoms with Crippen molar-refractivity contribution in [1.82, 2.24) is 0 Å². The Labute approximate surface area is 115 Å². The standard InChI is InChI=1S/C11H10BrNO4S/c1-4(14)13-10-7(11(16)17)5-2-3-6(12)8(15)9(5)18-10/h6H,2-3H2,1H3,(H,13,14)(H,16,17). The third-order valence-corrected chi connectivity index (χ3v) is 4.70. The molecule has 7 heteroatoms. The molecule has 0 saturated heterocycles. The minimum atomic E-state index is -1.11. The van der Waals surface area contributed by atoms with Crippen LogP contribution in [0.5, 0.6) is 0 Å². The largest absolute Gasteiger partial charge is 0.478 e. The summed E-state index contributed by atoms with van der Waals surface area (Å²) < 4.78 is 0. The smallest absolute Gasteiger partial charge is 0.339 e. The van der Waals surface area contributed by atoms with Crippen molar-refractivity contribution >= 4 is 49.9 Å². The molecule has 2 N–H and O–H groups in total. The van der Waals surface area contributed by atoms with Crippen molar-refractivity contribution in [3.05, 3.63) is 16.0 Å². The molecule has 0 saturated carbocycles. The number of hydrogen-bond donors (Lipinski definition) is 2. The summed E-state index contributed by atoms with van der Waals surface area (Å²) >= 11 is 4.31. The molecule has 5 nitrogen and oxygen atoms in total. The van der Waals surface area contributed by atoms with Crippen LogP contribution in [0.15, 0.2) is 0 Å². The summed E-state index contributed by atoms with van der Waals surface area (Å²) in [5.74, 6) is -1.57. The molecule has 1 aromatic rings. The van der Waals surface area contributed by atoms with Crippen LogP contribution >= 0.6 is 27.3 Å². The molecule has 0 spiro atoms. The van der Waals surface area contributed by atoms with Crippen LogP contribution < -0.4 is 5.32 Å². The Morgan fingerprint density at radius 2 is 2.17 bits per heavy atom. The number of nitrogens with one attached hydrogen (secondary N) is 1. The van der Waals surface area contributed by atoms with E-state index in [1.54, 1.807) is 0 Å². The van der Waals surface area contributed by atoms with Crippen LogP contribution in [-0.2, 0) is 11.2 Å². The fraction of sp³-hybridized carbons (Fsp3) is 0.364. The second-order valence-electron chi connectivity index (χ2n) is 3.97. The van der Waals surface area contributed by atoms with E-state index in [0.717, 1.165) is 11.3 Å². The van der Waals surface area contributed by atoms with Crippen molar-refractivity contribution in [1.29, 1.82) is 0 Å². The van der Waals surface area contributed by atoms with Crippen molar-refractivity contribution in [3.63, 3.8) is 0 Å². The average Bonchev–Trinajstić information content (AvgIpc) is 2.61. The highest BCUT2D eigenvalue weighted by Gasteiger charge is 2.33. The monoisotopic (exact) mass is 331 g/mol. The quantitative estimate of drug-likeness (QED) is 0.814. The number of alkyl halides is 1. The summed E-state index contributed by atoms with van der Waals surface area (Å²) in [5.41, 5.74) is 0.593. The van der Waals surface area contributed by atoms with Gasteiger partial charge in [-0.2, -0.15) is 0 Å². The van der Waals surface area contributed by atoms with Gasteiger partial charge in [-0.25, -0.2) is 4.79 Å².